The lowest BCUT2D eigenvalue weighted by molar-refractivity contribution is -0.161. The highest BCUT2D eigenvalue weighted by molar-refractivity contribution is 6.01. The monoisotopic (exact) mass is 372 g/mol. The fraction of sp³-hybridized carbons (Fsp3) is 0.636. The number of hydrogen-bond acceptors (Lipinski definition) is 5. The van der Waals surface area contributed by atoms with Crippen LogP contribution >= 0.6 is 0 Å². The second-order valence-corrected chi connectivity index (χ2v) is 7.88. The van der Waals surface area contributed by atoms with Crippen LogP contribution in [0.15, 0.2) is 29.4 Å². The molecule has 0 amide bonds. The topological polar surface area (TPSA) is 51.1 Å². The van der Waals surface area contributed by atoms with E-state index in [-0.39, 0.29) is 12.1 Å². The average molecular weight is 373 g/mol. The first-order chi connectivity index (χ1) is 13.1. The van der Waals surface area contributed by atoms with Gasteiger partial charge in [-0.15, -0.1) is 0 Å². The maximum absolute atomic E-state index is 12.8. The second kappa shape index (κ2) is 8.87. The van der Waals surface area contributed by atoms with Crippen molar-refractivity contribution in [1.29, 1.82) is 0 Å². The number of oxime groups is 1. The standard InChI is InChI=1S/C22H32N2O3/c1-4-12-24-13-10-22(11-14-24,21(25)26-5-2)16-19-15-20(23-27-19)18-8-6-17(3)7-9-18/h6-9,19H,4-5,10-16H2,1-3H3. The summed E-state index contributed by atoms with van der Waals surface area (Å²) < 4.78 is 5.46. The smallest absolute Gasteiger partial charge is 0.312 e. The lowest BCUT2D eigenvalue weighted by Crippen LogP contribution is -2.47. The van der Waals surface area contributed by atoms with Crippen LogP contribution in [-0.2, 0) is 14.4 Å². The number of carbonyl (C=O) groups is 1. The van der Waals surface area contributed by atoms with Gasteiger partial charge in [0.25, 0.3) is 0 Å². The predicted octanol–water partition coefficient (Wildman–Crippen LogP) is 3.93. The molecular weight excluding hydrogens is 340 g/mol. The largest absolute Gasteiger partial charge is 0.466 e. The van der Waals surface area contributed by atoms with Crippen LogP contribution in [0.4, 0.5) is 0 Å². The van der Waals surface area contributed by atoms with Gasteiger partial charge in [0.05, 0.1) is 17.7 Å². The second-order valence-electron chi connectivity index (χ2n) is 7.88. The van der Waals surface area contributed by atoms with Gasteiger partial charge in [-0.1, -0.05) is 41.9 Å². The molecule has 2 aliphatic rings. The maximum atomic E-state index is 12.8. The fourth-order valence-corrected chi connectivity index (χ4v) is 4.19. The Morgan fingerprint density at radius 3 is 2.59 bits per heavy atom. The van der Waals surface area contributed by atoms with Gasteiger partial charge in [-0.25, -0.2) is 0 Å². The summed E-state index contributed by atoms with van der Waals surface area (Å²) in [6, 6.07) is 8.36. The third kappa shape index (κ3) is 4.70. The minimum absolute atomic E-state index is 0.0524. The summed E-state index contributed by atoms with van der Waals surface area (Å²) >= 11 is 0. The highest BCUT2D eigenvalue weighted by Crippen LogP contribution is 2.40. The zero-order chi connectivity index (χ0) is 19.3. The molecule has 0 aliphatic carbocycles. The van der Waals surface area contributed by atoms with Crippen LogP contribution < -0.4 is 0 Å². The summed E-state index contributed by atoms with van der Waals surface area (Å²) in [7, 11) is 0. The molecule has 0 aromatic heterocycles. The van der Waals surface area contributed by atoms with Gasteiger partial charge in [-0.3, -0.25) is 4.79 Å². The van der Waals surface area contributed by atoms with Crippen LogP contribution in [0.1, 0.15) is 57.1 Å². The van der Waals surface area contributed by atoms with Crippen molar-refractivity contribution in [2.45, 2.75) is 59.0 Å². The zero-order valence-electron chi connectivity index (χ0n) is 16.9. The van der Waals surface area contributed by atoms with E-state index >= 15 is 0 Å². The Hall–Kier alpha value is -1.88. The van der Waals surface area contributed by atoms with Crippen molar-refractivity contribution in [2.75, 3.05) is 26.2 Å². The molecule has 1 aromatic rings. The Labute approximate surface area is 162 Å². The van der Waals surface area contributed by atoms with Crippen molar-refractivity contribution in [2.24, 2.45) is 10.6 Å². The molecule has 27 heavy (non-hydrogen) atoms. The molecule has 0 spiro atoms. The number of carbonyl (C=O) groups excluding carboxylic acids is 1. The summed E-state index contributed by atoms with van der Waals surface area (Å²) in [5.41, 5.74) is 2.87. The molecular formula is C22H32N2O3. The van der Waals surface area contributed by atoms with E-state index in [4.69, 9.17) is 9.57 Å². The molecule has 0 bridgehead atoms. The Morgan fingerprint density at radius 1 is 1.26 bits per heavy atom. The van der Waals surface area contributed by atoms with Gasteiger partial charge in [0.15, 0.2) is 0 Å². The molecule has 0 radical (unpaired) electrons. The van der Waals surface area contributed by atoms with Crippen LogP contribution in [0.25, 0.3) is 0 Å². The molecule has 2 aliphatic heterocycles. The number of piperidine rings is 1. The molecule has 3 rings (SSSR count). The van der Waals surface area contributed by atoms with E-state index < -0.39 is 5.41 Å². The van der Waals surface area contributed by atoms with Gasteiger partial charge in [0.1, 0.15) is 6.10 Å². The predicted molar refractivity (Wildman–Crippen MR) is 107 cm³/mol. The number of nitrogens with zero attached hydrogens (tertiary/aromatic N) is 2. The highest BCUT2D eigenvalue weighted by Gasteiger charge is 2.45. The van der Waals surface area contributed by atoms with E-state index in [0.29, 0.717) is 13.0 Å². The number of hydrogen-bond donors (Lipinski definition) is 0. The number of esters is 1. The van der Waals surface area contributed by atoms with E-state index in [1.54, 1.807) is 0 Å². The number of rotatable bonds is 7. The summed E-state index contributed by atoms with van der Waals surface area (Å²) in [5, 5.41) is 4.32. The van der Waals surface area contributed by atoms with Gasteiger partial charge in [0.2, 0.25) is 0 Å². The Kier molecular flexibility index (Phi) is 6.53. The minimum atomic E-state index is -0.441. The summed E-state index contributed by atoms with van der Waals surface area (Å²) in [6.07, 6.45) is 4.21. The minimum Gasteiger partial charge on any atom is -0.466 e. The third-order valence-electron chi connectivity index (χ3n) is 5.80. The highest BCUT2D eigenvalue weighted by atomic mass is 16.6. The summed E-state index contributed by atoms with van der Waals surface area (Å²) in [5.74, 6) is -0.0615. The van der Waals surface area contributed by atoms with Crippen molar-refractivity contribution in [1.82, 2.24) is 4.90 Å². The van der Waals surface area contributed by atoms with E-state index in [1.807, 2.05) is 6.92 Å². The lowest BCUT2D eigenvalue weighted by atomic mass is 9.73. The first-order valence-corrected chi connectivity index (χ1v) is 10.3. The third-order valence-corrected chi connectivity index (χ3v) is 5.80. The Morgan fingerprint density at radius 2 is 1.96 bits per heavy atom. The molecule has 1 fully saturated rings. The van der Waals surface area contributed by atoms with Crippen molar-refractivity contribution in [3.05, 3.63) is 35.4 Å². The fourth-order valence-electron chi connectivity index (χ4n) is 4.19. The lowest BCUT2D eigenvalue weighted by Gasteiger charge is -2.40. The van der Waals surface area contributed by atoms with Crippen molar-refractivity contribution < 1.29 is 14.4 Å². The van der Waals surface area contributed by atoms with E-state index in [0.717, 1.165) is 56.6 Å². The van der Waals surface area contributed by atoms with Gasteiger partial charge >= 0.3 is 5.97 Å². The average Bonchev–Trinajstić information content (AvgIpc) is 3.13. The first-order valence-electron chi connectivity index (χ1n) is 10.3. The zero-order valence-corrected chi connectivity index (χ0v) is 16.9. The molecule has 2 heterocycles. The molecule has 1 saturated heterocycles. The molecule has 1 unspecified atom stereocenters. The van der Waals surface area contributed by atoms with Gasteiger partial charge < -0.3 is 14.5 Å². The number of ether oxygens (including phenoxy) is 1. The number of aryl methyl sites for hydroxylation is 1. The van der Waals surface area contributed by atoms with E-state index in [1.165, 1.54) is 5.56 Å². The summed E-state index contributed by atoms with van der Waals surface area (Å²) in [4.78, 5) is 21.0. The number of likely N-dealkylation sites (tertiary alicyclic amines) is 1. The van der Waals surface area contributed by atoms with Crippen LogP contribution in [0.5, 0.6) is 0 Å². The molecule has 0 saturated carbocycles. The Bertz CT molecular complexity index is 661. The van der Waals surface area contributed by atoms with Crippen LogP contribution in [-0.4, -0.2) is 48.9 Å². The quantitative estimate of drug-likeness (QED) is 0.681. The van der Waals surface area contributed by atoms with Crippen LogP contribution in [0.3, 0.4) is 0 Å². The summed E-state index contributed by atoms with van der Waals surface area (Å²) in [6.45, 7) is 9.57. The van der Waals surface area contributed by atoms with Gasteiger partial charge in [-0.2, -0.15) is 0 Å². The van der Waals surface area contributed by atoms with Gasteiger partial charge in [-0.05, 0) is 58.3 Å². The normalized spacial score (nSPS) is 22.2. The SMILES string of the molecule is CCCN1CCC(CC2CC(c3ccc(C)cc3)=NO2)(C(=O)OCC)CC1. The van der Waals surface area contributed by atoms with Crippen molar-refractivity contribution >= 4 is 11.7 Å². The van der Waals surface area contributed by atoms with E-state index in [2.05, 4.69) is 48.2 Å². The molecule has 148 valence electrons. The molecule has 5 nitrogen and oxygen atoms in total. The van der Waals surface area contributed by atoms with E-state index in [9.17, 15) is 4.79 Å². The molecule has 1 aromatic carbocycles. The van der Waals surface area contributed by atoms with Crippen LogP contribution in [0, 0.1) is 12.3 Å². The van der Waals surface area contributed by atoms with Crippen molar-refractivity contribution in [3.8, 4) is 0 Å². The van der Waals surface area contributed by atoms with Crippen molar-refractivity contribution in [3.63, 3.8) is 0 Å². The number of benzene rings is 1. The Balaban J connectivity index is 1.65. The maximum Gasteiger partial charge on any atom is 0.312 e. The molecule has 5 heteroatoms. The first kappa shape index (κ1) is 19.9. The van der Waals surface area contributed by atoms with Gasteiger partial charge in [0, 0.05) is 12.8 Å². The van der Waals surface area contributed by atoms with Crippen LogP contribution in [0.2, 0.25) is 0 Å². The molecule has 0 N–H and O–H groups in total. The molecule has 1 atom stereocenters.